The Morgan fingerprint density at radius 3 is 2.33 bits per heavy atom. The van der Waals surface area contributed by atoms with Gasteiger partial charge in [-0.3, -0.25) is 4.79 Å². The highest BCUT2D eigenvalue weighted by Gasteiger charge is 2.18. The summed E-state index contributed by atoms with van der Waals surface area (Å²) in [7, 11) is 0. The summed E-state index contributed by atoms with van der Waals surface area (Å²) in [5.41, 5.74) is 5.23. The van der Waals surface area contributed by atoms with Crippen LogP contribution >= 0.6 is 0 Å². The van der Waals surface area contributed by atoms with Crippen LogP contribution in [0, 0.1) is 0 Å². The van der Waals surface area contributed by atoms with Gasteiger partial charge in [0.25, 0.3) is 0 Å². The zero-order valence-corrected chi connectivity index (χ0v) is 7.20. The van der Waals surface area contributed by atoms with Gasteiger partial charge in [-0.25, -0.2) is 4.79 Å². The fourth-order valence-electron chi connectivity index (χ4n) is 0.642. The van der Waals surface area contributed by atoms with Crippen molar-refractivity contribution in [3.8, 4) is 0 Å². The number of amides is 1. The quantitative estimate of drug-likeness (QED) is 0.526. The molecule has 5 heteroatoms. The van der Waals surface area contributed by atoms with Crippen molar-refractivity contribution in [1.82, 2.24) is 5.32 Å². The Morgan fingerprint density at radius 1 is 1.58 bits per heavy atom. The van der Waals surface area contributed by atoms with E-state index in [1.807, 2.05) is 0 Å². The molecule has 0 bridgehead atoms. The molecule has 12 heavy (non-hydrogen) atoms. The number of aliphatic carboxylic acids is 1. The van der Waals surface area contributed by atoms with Crippen molar-refractivity contribution in [3.63, 3.8) is 0 Å². The molecule has 0 heterocycles. The van der Waals surface area contributed by atoms with Crippen molar-refractivity contribution in [2.75, 3.05) is 0 Å². The third kappa shape index (κ3) is 3.34. The van der Waals surface area contributed by atoms with Gasteiger partial charge in [0.15, 0.2) is 0 Å². The lowest BCUT2D eigenvalue weighted by molar-refractivity contribution is -0.142. The summed E-state index contributed by atoms with van der Waals surface area (Å²) < 4.78 is 0. The summed E-state index contributed by atoms with van der Waals surface area (Å²) in [5, 5.41) is 10.9. The van der Waals surface area contributed by atoms with E-state index in [-0.39, 0.29) is 0 Å². The van der Waals surface area contributed by atoms with E-state index >= 15 is 0 Å². The average Bonchev–Trinajstić information content (AvgIpc) is 1.98. The second-order valence-corrected chi connectivity index (χ2v) is 2.60. The zero-order valence-electron chi connectivity index (χ0n) is 7.20. The highest BCUT2D eigenvalue weighted by Crippen LogP contribution is 1.91. The van der Waals surface area contributed by atoms with Crippen LogP contribution in [0.5, 0.6) is 0 Å². The minimum Gasteiger partial charge on any atom is -0.480 e. The van der Waals surface area contributed by atoms with Gasteiger partial charge in [0.2, 0.25) is 5.91 Å². The lowest BCUT2D eigenvalue weighted by Gasteiger charge is -2.13. The Balaban J connectivity index is 4.03. The molecule has 2 atom stereocenters. The van der Waals surface area contributed by atoms with Gasteiger partial charge in [-0.15, -0.1) is 0 Å². The Hall–Kier alpha value is -1.10. The van der Waals surface area contributed by atoms with Gasteiger partial charge in [-0.05, 0) is 13.3 Å². The first-order chi connectivity index (χ1) is 5.49. The van der Waals surface area contributed by atoms with E-state index in [4.69, 9.17) is 10.8 Å². The van der Waals surface area contributed by atoms with Gasteiger partial charge >= 0.3 is 5.97 Å². The predicted molar refractivity (Wildman–Crippen MR) is 43.5 cm³/mol. The summed E-state index contributed by atoms with van der Waals surface area (Å²) in [6.45, 7) is 3.18. The standard InChI is InChI=1S/C7H14N2O3/c1-3-5(7(11)12)9-6(10)4(2)8/h4-5H,3,8H2,1-2H3,(H,9,10)(H,11,12)/t4-,5?/m0/s1. The second-order valence-electron chi connectivity index (χ2n) is 2.60. The van der Waals surface area contributed by atoms with E-state index in [0.717, 1.165) is 0 Å². The van der Waals surface area contributed by atoms with Crippen LogP contribution < -0.4 is 11.1 Å². The predicted octanol–water partition coefficient (Wildman–Crippen LogP) is -0.687. The molecule has 0 spiro atoms. The van der Waals surface area contributed by atoms with Crippen LogP contribution in [0.3, 0.4) is 0 Å². The molecule has 0 aromatic heterocycles. The molecule has 0 aromatic rings. The van der Waals surface area contributed by atoms with Crippen LogP contribution in [-0.2, 0) is 9.59 Å². The molecule has 0 aliphatic carbocycles. The number of carbonyl (C=O) groups excluding carboxylic acids is 1. The van der Waals surface area contributed by atoms with Gasteiger partial charge in [-0.2, -0.15) is 0 Å². The van der Waals surface area contributed by atoms with E-state index in [0.29, 0.717) is 6.42 Å². The van der Waals surface area contributed by atoms with Gasteiger partial charge in [0, 0.05) is 0 Å². The van der Waals surface area contributed by atoms with Crippen molar-refractivity contribution in [2.45, 2.75) is 32.4 Å². The van der Waals surface area contributed by atoms with E-state index < -0.39 is 24.0 Å². The van der Waals surface area contributed by atoms with Crippen LogP contribution in [0.2, 0.25) is 0 Å². The molecule has 5 nitrogen and oxygen atoms in total. The molecule has 4 N–H and O–H groups in total. The number of nitrogens with two attached hydrogens (primary N) is 1. The minimum absolute atomic E-state index is 0.355. The molecule has 0 fully saturated rings. The molecule has 0 aliphatic rings. The maximum atomic E-state index is 10.9. The van der Waals surface area contributed by atoms with E-state index in [2.05, 4.69) is 5.32 Å². The average molecular weight is 174 g/mol. The van der Waals surface area contributed by atoms with Gasteiger partial charge in [0.1, 0.15) is 6.04 Å². The summed E-state index contributed by atoms with van der Waals surface area (Å²) in [6, 6.07) is -1.50. The topological polar surface area (TPSA) is 92.4 Å². The Kier molecular flexibility index (Phi) is 4.28. The Labute approximate surface area is 70.9 Å². The molecule has 0 rings (SSSR count). The van der Waals surface area contributed by atoms with Crippen LogP contribution in [0.1, 0.15) is 20.3 Å². The third-order valence-corrected chi connectivity index (χ3v) is 1.44. The number of carbonyl (C=O) groups is 2. The fourth-order valence-corrected chi connectivity index (χ4v) is 0.642. The van der Waals surface area contributed by atoms with E-state index in [9.17, 15) is 9.59 Å². The van der Waals surface area contributed by atoms with Crippen LogP contribution in [0.4, 0.5) is 0 Å². The molecule has 0 aliphatic heterocycles. The summed E-state index contributed by atoms with van der Waals surface area (Å²) in [4.78, 5) is 21.4. The summed E-state index contributed by atoms with van der Waals surface area (Å²) >= 11 is 0. The number of nitrogens with one attached hydrogen (secondary N) is 1. The van der Waals surface area contributed by atoms with E-state index in [1.54, 1.807) is 6.92 Å². The van der Waals surface area contributed by atoms with Crippen molar-refractivity contribution >= 4 is 11.9 Å². The second kappa shape index (κ2) is 4.71. The molecule has 0 saturated carbocycles. The molecule has 0 aromatic carbocycles. The maximum Gasteiger partial charge on any atom is 0.326 e. The highest BCUT2D eigenvalue weighted by atomic mass is 16.4. The lowest BCUT2D eigenvalue weighted by atomic mass is 10.2. The van der Waals surface area contributed by atoms with E-state index in [1.165, 1.54) is 6.92 Å². The first-order valence-electron chi connectivity index (χ1n) is 3.77. The zero-order chi connectivity index (χ0) is 9.72. The fraction of sp³-hybridized carbons (Fsp3) is 0.714. The van der Waals surface area contributed by atoms with Gasteiger partial charge in [-0.1, -0.05) is 6.92 Å². The molecular formula is C7H14N2O3. The van der Waals surface area contributed by atoms with Crippen molar-refractivity contribution in [3.05, 3.63) is 0 Å². The molecule has 0 radical (unpaired) electrons. The number of hydrogen-bond donors (Lipinski definition) is 3. The molecule has 0 saturated heterocycles. The number of carboxylic acid groups (broad SMARTS) is 1. The maximum absolute atomic E-state index is 10.9. The highest BCUT2D eigenvalue weighted by molar-refractivity contribution is 5.86. The van der Waals surface area contributed by atoms with Crippen molar-refractivity contribution in [2.24, 2.45) is 5.73 Å². The van der Waals surface area contributed by atoms with Crippen molar-refractivity contribution in [1.29, 1.82) is 0 Å². The number of rotatable bonds is 4. The Bertz CT molecular complexity index is 179. The summed E-state index contributed by atoms with van der Waals surface area (Å²) in [6.07, 6.45) is 0.355. The van der Waals surface area contributed by atoms with Crippen LogP contribution in [0.25, 0.3) is 0 Å². The number of carboxylic acids is 1. The lowest BCUT2D eigenvalue weighted by Crippen LogP contribution is -2.46. The summed E-state index contributed by atoms with van der Waals surface area (Å²) in [5.74, 6) is -1.48. The monoisotopic (exact) mass is 174 g/mol. The van der Waals surface area contributed by atoms with Gasteiger partial charge in [0.05, 0.1) is 6.04 Å². The normalized spacial score (nSPS) is 14.9. The smallest absolute Gasteiger partial charge is 0.326 e. The first-order valence-corrected chi connectivity index (χ1v) is 3.77. The Morgan fingerprint density at radius 2 is 2.08 bits per heavy atom. The minimum atomic E-state index is -1.04. The molecular weight excluding hydrogens is 160 g/mol. The molecule has 70 valence electrons. The first kappa shape index (κ1) is 10.9. The third-order valence-electron chi connectivity index (χ3n) is 1.44. The van der Waals surface area contributed by atoms with Gasteiger partial charge < -0.3 is 16.2 Å². The molecule has 1 unspecified atom stereocenters. The largest absolute Gasteiger partial charge is 0.480 e. The van der Waals surface area contributed by atoms with Crippen molar-refractivity contribution < 1.29 is 14.7 Å². The van der Waals surface area contributed by atoms with Crippen LogP contribution in [-0.4, -0.2) is 29.1 Å². The van der Waals surface area contributed by atoms with Crippen LogP contribution in [0.15, 0.2) is 0 Å². The molecule has 1 amide bonds. The number of hydrogen-bond acceptors (Lipinski definition) is 3. The SMILES string of the molecule is CCC(NC(=O)[C@H](C)N)C(=O)O.